The summed E-state index contributed by atoms with van der Waals surface area (Å²) in [4.78, 5) is 14.6. The first kappa shape index (κ1) is 18.6. The molecular formula is C17H22N4O4S. The van der Waals surface area contributed by atoms with Crippen LogP contribution in [0.5, 0.6) is 0 Å². The number of aryl methyl sites for hydroxylation is 1. The summed E-state index contributed by atoms with van der Waals surface area (Å²) < 4.78 is 31.7. The zero-order valence-corrected chi connectivity index (χ0v) is 15.6. The molecule has 9 heteroatoms. The fourth-order valence-electron chi connectivity index (χ4n) is 2.89. The van der Waals surface area contributed by atoms with Crippen LogP contribution in [-0.4, -0.2) is 60.9 Å². The molecule has 1 aromatic heterocycles. The van der Waals surface area contributed by atoms with Crippen LogP contribution in [0, 0.1) is 6.92 Å². The van der Waals surface area contributed by atoms with E-state index in [-0.39, 0.29) is 5.91 Å². The van der Waals surface area contributed by atoms with E-state index >= 15 is 0 Å². The van der Waals surface area contributed by atoms with Crippen LogP contribution in [-0.2, 0) is 14.8 Å². The topological polar surface area (TPSA) is 95.8 Å². The van der Waals surface area contributed by atoms with Crippen molar-refractivity contribution >= 4 is 21.7 Å². The van der Waals surface area contributed by atoms with Crippen molar-refractivity contribution in [3.05, 3.63) is 42.2 Å². The first-order valence-electron chi connectivity index (χ1n) is 8.41. The van der Waals surface area contributed by atoms with Gasteiger partial charge in [-0.3, -0.25) is 9.69 Å². The fourth-order valence-corrected chi connectivity index (χ4v) is 4.34. The third-order valence-electron chi connectivity index (χ3n) is 4.46. The van der Waals surface area contributed by atoms with E-state index in [1.807, 2.05) is 4.90 Å². The summed E-state index contributed by atoms with van der Waals surface area (Å²) in [6.45, 7) is 5.20. The fraction of sp³-hybridized carbons (Fsp3) is 0.412. The molecule has 0 spiro atoms. The molecule has 2 aromatic rings. The lowest BCUT2D eigenvalue weighted by Crippen LogP contribution is -2.53. The van der Waals surface area contributed by atoms with Gasteiger partial charge in [0, 0.05) is 32.2 Å². The van der Waals surface area contributed by atoms with Gasteiger partial charge in [-0.15, -0.1) is 0 Å². The Morgan fingerprint density at radius 2 is 1.85 bits per heavy atom. The van der Waals surface area contributed by atoms with E-state index < -0.39 is 16.1 Å². The van der Waals surface area contributed by atoms with Crippen LogP contribution < -0.4 is 5.32 Å². The first-order valence-corrected chi connectivity index (χ1v) is 9.85. The SMILES string of the molecule is Cc1cc(NC(=O)C(C)N2CCN(S(=O)(=O)c3ccccc3)CC2)no1. The maximum Gasteiger partial charge on any atom is 0.243 e. The van der Waals surface area contributed by atoms with Crippen molar-refractivity contribution in [1.82, 2.24) is 14.4 Å². The van der Waals surface area contributed by atoms with E-state index in [4.69, 9.17) is 4.52 Å². The summed E-state index contributed by atoms with van der Waals surface area (Å²) >= 11 is 0. The Kier molecular flexibility index (Phi) is 5.40. The molecule has 0 aliphatic carbocycles. The van der Waals surface area contributed by atoms with E-state index in [2.05, 4.69) is 10.5 Å². The number of nitrogens with zero attached hydrogens (tertiary/aromatic N) is 3. The van der Waals surface area contributed by atoms with Crippen molar-refractivity contribution in [2.75, 3.05) is 31.5 Å². The number of rotatable bonds is 5. The molecule has 1 aliphatic rings. The molecule has 0 radical (unpaired) electrons. The lowest BCUT2D eigenvalue weighted by Gasteiger charge is -2.36. The minimum Gasteiger partial charge on any atom is -0.360 e. The smallest absolute Gasteiger partial charge is 0.243 e. The number of amides is 1. The van der Waals surface area contributed by atoms with E-state index in [1.165, 1.54) is 4.31 Å². The van der Waals surface area contributed by atoms with Crippen molar-refractivity contribution in [1.29, 1.82) is 0 Å². The van der Waals surface area contributed by atoms with Gasteiger partial charge >= 0.3 is 0 Å². The second-order valence-corrected chi connectivity index (χ2v) is 8.18. The summed E-state index contributed by atoms with van der Waals surface area (Å²) in [5, 5.41) is 6.46. The van der Waals surface area contributed by atoms with E-state index in [0.717, 1.165) is 0 Å². The van der Waals surface area contributed by atoms with Gasteiger partial charge in [-0.1, -0.05) is 23.4 Å². The molecule has 3 rings (SSSR count). The number of aromatic nitrogens is 1. The maximum atomic E-state index is 12.7. The molecule has 1 unspecified atom stereocenters. The standard InChI is InChI=1S/C17H22N4O4S/c1-13-12-16(19-25-13)18-17(22)14(2)20-8-10-21(11-9-20)26(23,24)15-6-4-3-5-7-15/h3-7,12,14H,8-11H2,1-2H3,(H,18,19,22). The molecule has 8 nitrogen and oxygen atoms in total. The zero-order chi connectivity index (χ0) is 18.7. The molecule has 0 bridgehead atoms. The second kappa shape index (κ2) is 7.56. The minimum atomic E-state index is -3.49. The van der Waals surface area contributed by atoms with Crippen molar-refractivity contribution in [2.24, 2.45) is 0 Å². The molecule has 1 saturated heterocycles. The summed E-state index contributed by atoms with van der Waals surface area (Å²) in [6, 6.07) is 9.65. The number of hydrogen-bond acceptors (Lipinski definition) is 6. The molecule has 26 heavy (non-hydrogen) atoms. The Hall–Kier alpha value is -2.23. The van der Waals surface area contributed by atoms with Gasteiger partial charge in [-0.05, 0) is 26.0 Å². The quantitative estimate of drug-likeness (QED) is 0.843. The monoisotopic (exact) mass is 378 g/mol. The minimum absolute atomic E-state index is 0.197. The van der Waals surface area contributed by atoms with Gasteiger partial charge in [-0.2, -0.15) is 4.31 Å². The highest BCUT2D eigenvalue weighted by Crippen LogP contribution is 2.18. The predicted molar refractivity (Wildman–Crippen MR) is 96.1 cm³/mol. The van der Waals surface area contributed by atoms with Gasteiger partial charge in [0.1, 0.15) is 5.76 Å². The number of sulfonamides is 1. The third kappa shape index (κ3) is 3.95. The zero-order valence-electron chi connectivity index (χ0n) is 14.8. The molecule has 1 aliphatic heterocycles. The maximum absolute atomic E-state index is 12.7. The third-order valence-corrected chi connectivity index (χ3v) is 6.37. The van der Waals surface area contributed by atoms with E-state index in [9.17, 15) is 13.2 Å². The molecule has 1 atom stereocenters. The van der Waals surface area contributed by atoms with Crippen LogP contribution in [0.2, 0.25) is 0 Å². The van der Waals surface area contributed by atoms with Crippen LogP contribution in [0.4, 0.5) is 5.82 Å². The van der Waals surface area contributed by atoms with Crippen molar-refractivity contribution in [3.63, 3.8) is 0 Å². The van der Waals surface area contributed by atoms with E-state index in [1.54, 1.807) is 50.2 Å². The highest BCUT2D eigenvalue weighted by molar-refractivity contribution is 7.89. The Labute approximate surface area is 152 Å². The molecule has 1 amide bonds. The molecule has 2 heterocycles. The summed E-state index contributed by atoms with van der Waals surface area (Å²) in [7, 11) is -3.49. The molecule has 0 saturated carbocycles. The number of nitrogens with one attached hydrogen (secondary N) is 1. The Morgan fingerprint density at radius 3 is 2.42 bits per heavy atom. The van der Waals surface area contributed by atoms with Crippen LogP contribution >= 0.6 is 0 Å². The van der Waals surface area contributed by atoms with Crippen LogP contribution in [0.1, 0.15) is 12.7 Å². The highest BCUT2D eigenvalue weighted by atomic mass is 32.2. The number of carbonyl (C=O) groups excluding carboxylic acids is 1. The number of carbonyl (C=O) groups is 1. The summed E-state index contributed by atoms with van der Waals surface area (Å²) in [5.41, 5.74) is 0. The molecule has 140 valence electrons. The molecule has 1 aromatic carbocycles. The lowest BCUT2D eigenvalue weighted by atomic mass is 10.2. The van der Waals surface area contributed by atoms with Gasteiger partial charge in [0.25, 0.3) is 0 Å². The van der Waals surface area contributed by atoms with Crippen LogP contribution in [0.3, 0.4) is 0 Å². The van der Waals surface area contributed by atoms with Crippen molar-refractivity contribution in [3.8, 4) is 0 Å². The number of hydrogen-bond donors (Lipinski definition) is 1. The largest absolute Gasteiger partial charge is 0.360 e. The molecule has 1 fully saturated rings. The highest BCUT2D eigenvalue weighted by Gasteiger charge is 2.31. The first-order chi connectivity index (χ1) is 12.4. The second-order valence-electron chi connectivity index (χ2n) is 6.24. The Bertz CT molecular complexity index is 858. The summed E-state index contributed by atoms with van der Waals surface area (Å²) in [5.74, 6) is 0.801. The van der Waals surface area contributed by atoms with Gasteiger partial charge in [0.2, 0.25) is 15.9 Å². The van der Waals surface area contributed by atoms with Gasteiger partial charge in [-0.25, -0.2) is 8.42 Å². The summed E-state index contributed by atoms with van der Waals surface area (Å²) in [6.07, 6.45) is 0. The number of anilines is 1. The number of piperazine rings is 1. The average Bonchev–Trinajstić information content (AvgIpc) is 3.06. The Morgan fingerprint density at radius 1 is 1.19 bits per heavy atom. The van der Waals surface area contributed by atoms with Crippen LogP contribution in [0.15, 0.2) is 45.8 Å². The Balaban J connectivity index is 1.58. The normalized spacial score (nSPS) is 17.8. The number of benzene rings is 1. The molecular weight excluding hydrogens is 356 g/mol. The van der Waals surface area contributed by atoms with Crippen molar-refractivity contribution < 1.29 is 17.7 Å². The van der Waals surface area contributed by atoms with Gasteiger partial charge in [0.05, 0.1) is 10.9 Å². The van der Waals surface area contributed by atoms with Crippen LogP contribution in [0.25, 0.3) is 0 Å². The van der Waals surface area contributed by atoms with E-state index in [0.29, 0.717) is 42.7 Å². The van der Waals surface area contributed by atoms with Gasteiger partial charge < -0.3 is 9.84 Å². The average molecular weight is 378 g/mol. The van der Waals surface area contributed by atoms with Gasteiger partial charge in [0.15, 0.2) is 5.82 Å². The predicted octanol–water partition coefficient (Wildman–Crippen LogP) is 1.32. The van der Waals surface area contributed by atoms with Crippen molar-refractivity contribution in [2.45, 2.75) is 24.8 Å². The lowest BCUT2D eigenvalue weighted by molar-refractivity contribution is -0.121. The molecule has 1 N–H and O–H groups in total.